The molecule has 1 fully saturated rings. The summed E-state index contributed by atoms with van der Waals surface area (Å²) in [6.07, 6.45) is 5.76. The van der Waals surface area contributed by atoms with Crippen molar-refractivity contribution in [3.63, 3.8) is 0 Å². The van der Waals surface area contributed by atoms with Crippen LogP contribution in [0.15, 0.2) is 72.8 Å². The van der Waals surface area contributed by atoms with Crippen molar-refractivity contribution in [2.24, 2.45) is 0 Å². The number of anilines is 2. The van der Waals surface area contributed by atoms with Crippen molar-refractivity contribution >= 4 is 40.0 Å². The van der Waals surface area contributed by atoms with Crippen molar-refractivity contribution in [2.75, 3.05) is 37.4 Å². The zero-order valence-corrected chi connectivity index (χ0v) is 21.8. The molecule has 1 atom stereocenters. The van der Waals surface area contributed by atoms with Crippen LogP contribution in [-0.2, 0) is 9.53 Å². The number of allylic oxidation sites excluding steroid dienone is 2. The van der Waals surface area contributed by atoms with Crippen LogP contribution in [0.25, 0.3) is 33.9 Å². The van der Waals surface area contributed by atoms with Gasteiger partial charge < -0.3 is 25.4 Å². The minimum atomic E-state index is -0.275. The smallest absolute Gasteiger partial charge is 0.221 e. The van der Waals surface area contributed by atoms with Gasteiger partial charge in [-0.25, -0.2) is 9.97 Å². The van der Waals surface area contributed by atoms with Gasteiger partial charge in [-0.3, -0.25) is 4.79 Å². The Morgan fingerprint density at radius 2 is 1.92 bits per heavy atom. The first kappa shape index (κ1) is 24.8. The second kappa shape index (κ2) is 10.7. The van der Waals surface area contributed by atoms with Crippen LogP contribution < -0.4 is 20.7 Å². The van der Waals surface area contributed by atoms with E-state index >= 15 is 0 Å². The Labute approximate surface area is 226 Å². The molecule has 4 aromatic rings. The lowest BCUT2D eigenvalue weighted by Crippen LogP contribution is -2.34. The summed E-state index contributed by atoms with van der Waals surface area (Å²) in [5.74, 6) is 0.853. The number of nitrogens with one attached hydrogen (secondary N) is 3. The molecule has 0 spiro atoms. The van der Waals surface area contributed by atoms with Gasteiger partial charge in [0.05, 0.1) is 47.8 Å². The van der Waals surface area contributed by atoms with E-state index in [9.17, 15) is 4.79 Å². The third-order valence-electron chi connectivity index (χ3n) is 6.81. The van der Waals surface area contributed by atoms with Gasteiger partial charge in [0, 0.05) is 36.8 Å². The van der Waals surface area contributed by atoms with E-state index in [0.29, 0.717) is 47.0 Å². The monoisotopic (exact) mass is 519 g/mol. The fourth-order valence-corrected chi connectivity index (χ4v) is 5.06. The van der Waals surface area contributed by atoms with E-state index in [-0.39, 0.29) is 12.0 Å². The lowest BCUT2D eigenvalue weighted by molar-refractivity contribution is -0.114. The lowest BCUT2D eigenvalue weighted by atomic mass is 9.98. The molecule has 0 radical (unpaired) electrons. The van der Waals surface area contributed by atoms with Crippen molar-refractivity contribution in [1.82, 2.24) is 15.3 Å². The molecule has 8 heteroatoms. The van der Waals surface area contributed by atoms with E-state index in [1.807, 2.05) is 66.7 Å². The Balaban J connectivity index is 1.62. The van der Waals surface area contributed by atoms with Crippen molar-refractivity contribution in [3.05, 3.63) is 89.8 Å². The van der Waals surface area contributed by atoms with Gasteiger partial charge in [0.25, 0.3) is 0 Å². The average Bonchev–Trinajstić information content (AvgIpc) is 3.20. The number of carbonyl (C=O) groups is 1. The van der Waals surface area contributed by atoms with Crippen LogP contribution in [-0.4, -0.2) is 42.7 Å². The number of para-hydroxylation sites is 1. The molecule has 1 aromatic heterocycles. The van der Waals surface area contributed by atoms with Crippen molar-refractivity contribution < 1.29 is 14.3 Å². The molecule has 2 aliphatic heterocycles. The number of ether oxygens (including phenoxy) is 2. The van der Waals surface area contributed by atoms with Crippen molar-refractivity contribution in [1.29, 1.82) is 0 Å². The summed E-state index contributed by atoms with van der Waals surface area (Å²) in [6.45, 7) is 3.44. The number of carbonyl (C=O) groups excluding carboxylic acids is 1. The van der Waals surface area contributed by atoms with Crippen LogP contribution >= 0.6 is 0 Å². The number of amides is 1. The van der Waals surface area contributed by atoms with Gasteiger partial charge in [0.2, 0.25) is 5.91 Å². The number of nitrogens with zero attached hydrogens (tertiary/aromatic N) is 2. The quantitative estimate of drug-likeness (QED) is 0.325. The van der Waals surface area contributed by atoms with E-state index in [2.05, 4.69) is 28.1 Å². The van der Waals surface area contributed by atoms with E-state index in [0.717, 1.165) is 34.6 Å². The summed E-state index contributed by atoms with van der Waals surface area (Å²) in [4.78, 5) is 22.4. The zero-order chi connectivity index (χ0) is 26.8. The highest BCUT2D eigenvalue weighted by molar-refractivity contribution is 6.05. The minimum Gasteiger partial charge on any atom is -0.494 e. The number of morpholine rings is 1. The van der Waals surface area contributed by atoms with Crippen molar-refractivity contribution in [2.45, 2.75) is 13.0 Å². The number of fused-ring (bicyclic) bond motifs is 2. The molecule has 3 aromatic carbocycles. The fraction of sp³-hybridized carbons (Fsp3) is 0.194. The molecule has 3 heterocycles. The summed E-state index contributed by atoms with van der Waals surface area (Å²) in [6, 6.07) is 20.0. The van der Waals surface area contributed by atoms with Gasteiger partial charge in [-0.05, 0) is 23.8 Å². The van der Waals surface area contributed by atoms with Crippen LogP contribution in [0.5, 0.6) is 5.75 Å². The van der Waals surface area contributed by atoms with Crippen LogP contribution in [0.1, 0.15) is 30.0 Å². The first-order chi connectivity index (χ1) is 19.1. The molecule has 3 N–H and O–H groups in total. The maximum Gasteiger partial charge on any atom is 0.221 e. The molecular weight excluding hydrogens is 490 g/mol. The van der Waals surface area contributed by atoms with E-state index in [4.69, 9.17) is 19.4 Å². The summed E-state index contributed by atoms with van der Waals surface area (Å²) in [5.41, 5.74) is 6.52. The van der Waals surface area contributed by atoms with Gasteiger partial charge >= 0.3 is 0 Å². The highest BCUT2D eigenvalue weighted by Crippen LogP contribution is 2.44. The number of methoxy groups -OCH3 is 1. The highest BCUT2D eigenvalue weighted by Gasteiger charge is 2.27. The molecule has 0 aliphatic carbocycles. The van der Waals surface area contributed by atoms with Gasteiger partial charge in [-0.15, -0.1) is 0 Å². The SMILES string of the molecule is COc1c(NC(C)=O)c(C2CNCCO2)cc2nc(C3=CC=Cc4ccccc4N3)nc(-c3ccccc3)c12. The lowest BCUT2D eigenvalue weighted by Gasteiger charge is -2.27. The maximum atomic E-state index is 12.3. The van der Waals surface area contributed by atoms with Gasteiger partial charge in [-0.1, -0.05) is 60.7 Å². The third kappa shape index (κ3) is 4.87. The molecule has 1 amide bonds. The van der Waals surface area contributed by atoms with Crippen LogP contribution in [0.3, 0.4) is 0 Å². The Bertz CT molecular complexity index is 1610. The van der Waals surface area contributed by atoms with E-state index in [1.54, 1.807) is 7.11 Å². The summed E-state index contributed by atoms with van der Waals surface area (Å²) < 4.78 is 12.1. The van der Waals surface area contributed by atoms with Gasteiger partial charge in [0.1, 0.15) is 0 Å². The predicted octanol–water partition coefficient (Wildman–Crippen LogP) is 5.40. The second-order valence-corrected chi connectivity index (χ2v) is 9.43. The topological polar surface area (TPSA) is 97.4 Å². The molecule has 196 valence electrons. The first-order valence-corrected chi connectivity index (χ1v) is 12.9. The van der Waals surface area contributed by atoms with Gasteiger partial charge in [-0.2, -0.15) is 0 Å². The second-order valence-electron chi connectivity index (χ2n) is 9.43. The molecule has 39 heavy (non-hydrogen) atoms. The molecule has 2 aliphatic rings. The summed E-state index contributed by atoms with van der Waals surface area (Å²) in [5, 5.41) is 10.6. The molecule has 8 nitrogen and oxygen atoms in total. The molecule has 0 saturated carbocycles. The number of aromatic nitrogens is 2. The van der Waals surface area contributed by atoms with Crippen molar-refractivity contribution in [3.8, 4) is 17.0 Å². The fourth-order valence-electron chi connectivity index (χ4n) is 5.06. The molecule has 6 rings (SSSR count). The summed E-state index contributed by atoms with van der Waals surface area (Å²) in [7, 11) is 1.60. The number of rotatable bonds is 5. The third-order valence-corrected chi connectivity index (χ3v) is 6.81. The van der Waals surface area contributed by atoms with Gasteiger partial charge in [0.15, 0.2) is 11.6 Å². The maximum absolute atomic E-state index is 12.3. The van der Waals surface area contributed by atoms with E-state index < -0.39 is 0 Å². The normalized spacial score (nSPS) is 16.6. The van der Waals surface area contributed by atoms with Crippen LogP contribution in [0.4, 0.5) is 11.4 Å². The van der Waals surface area contributed by atoms with E-state index in [1.165, 1.54) is 6.92 Å². The Hall–Kier alpha value is -4.53. The van der Waals surface area contributed by atoms with Crippen LogP contribution in [0.2, 0.25) is 0 Å². The largest absolute Gasteiger partial charge is 0.494 e. The zero-order valence-electron chi connectivity index (χ0n) is 21.8. The number of hydrogen-bond acceptors (Lipinski definition) is 7. The predicted molar refractivity (Wildman–Crippen MR) is 154 cm³/mol. The molecular formula is C31H29N5O3. The molecule has 0 bridgehead atoms. The number of hydrogen-bond donors (Lipinski definition) is 3. The Morgan fingerprint density at radius 3 is 2.69 bits per heavy atom. The molecule has 1 unspecified atom stereocenters. The average molecular weight is 520 g/mol. The number of benzene rings is 3. The standard InChI is InChI=1S/C31H29N5O3/c1-19(37)33-29-22(26-18-32-15-16-39-26)17-25-27(30(29)38-2)28(21-10-4-3-5-11-21)36-31(35-25)24-14-8-12-20-9-6-7-13-23(20)34-24/h3-14,17,26,32,34H,15-16,18H2,1-2H3,(H,33,37). The first-order valence-electron chi connectivity index (χ1n) is 12.9. The highest BCUT2D eigenvalue weighted by atomic mass is 16.5. The minimum absolute atomic E-state index is 0.199. The summed E-state index contributed by atoms with van der Waals surface area (Å²) >= 11 is 0. The Kier molecular flexibility index (Phi) is 6.79. The Morgan fingerprint density at radius 1 is 1.10 bits per heavy atom. The molecule has 1 saturated heterocycles. The van der Waals surface area contributed by atoms with Crippen LogP contribution in [0, 0.1) is 0 Å².